The van der Waals surface area contributed by atoms with E-state index in [9.17, 15) is 12.8 Å². The minimum atomic E-state index is -3.91. The van der Waals surface area contributed by atoms with Crippen molar-refractivity contribution in [2.45, 2.75) is 4.90 Å². The number of anilines is 2. The fraction of sp³-hybridized carbons (Fsp3) is 0. The van der Waals surface area contributed by atoms with Crippen LogP contribution in [0.1, 0.15) is 0 Å². The van der Waals surface area contributed by atoms with Gasteiger partial charge in [0.2, 0.25) is 0 Å². The van der Waals surface area contributed by atoms with Gasteiger partial charge in [-0.3, -0.25) is 9.82 Å². The summed E-state index contributed by atoms with van der Waals surface area (Å²) in [6, 6.07) is 8.20. The molecule has 0 saturated heterocycles. The number of nitrogens with one attached hydrogen (secondary N) is 2. The summed E-state index contributed by atoms with van der Waals surface area (Å²) >= 11 is 0. The van der Waals surface area contributed by atoms with Gasteiger partial charge in [-0.1, -0.05) is 6.07 Å². The first-order valence-corrected chi connectivity index (χ1v) is 7.45. The Hall–Kier alpha value is -2.61. The average molecular weight is 306 g/mol. The van der Waals surface area contributed by atoms with Crippen molar-refractivity contribution >= 4 is 32.3 Å². The smallest absolute Gasteiger partial charge is 0.263 e. The van der Waals surface area contributed by atoms with Gasteiger partial charge in [0.15, 0.2) is 0 Å². The van der Waals surface area contributed by atoms with Crippen molar-refractivity contribution < 1.29 is 12.8 Å². The lowest BCUT2D eigenvalue weighted by atomic mass is 10.2. The highest BCUT2D eigenvalue weighted by Gasteiger charge is 2.19. The molecule has 0 radical (unpaired) electrons. The fourth-order valence-corrected chi connectivity index (χ4v) is 3.21. The van der Waals surface area contributed by atoms with E-state index in [2.05, 4.69) is 14.9 Å². The Bertz CT molecular complexity index is 921. The highest BCUT2D eigenvalue weighted by Crippen LogP contribution is 2.26. The molecule has 4 N–H and O–H groups in total. The summed E-state index contributed by atoms with van der Waals surface area (Å²) in [4.78, 5) is -0.176. The van der Waals surface area contributed by atoms with Gasteiger partial charge in [0.1, 0.15) is 10.7 Å². The number of hydrogen-bond acceptors (Lipinski definition) is 4. The van der Waals surface area contributed by atoms with E-state index in [1.165, 1.54) is 6.20 Å². The van der Waals surface area contributed by atoms with Crippen LogP contribution >= 0.6 is 0 Å². The molecule has 8 heteroatoms. The predicted octanol–water partition coefficient (Wildman–Crippen LogP) is 2.08. The van der Waals surface area contributed by atoms with Crippen LogP contribution < -0.4 is 10.5 Å². The highest BCUT2D eigenvalue weighted by atomic mass is 32.2. The van der Waals surface area contributed by atoms with E-state index in [0.29, 0.717) is 16.6 Å². The van der Waals surface area contributed by atoms with Crippen molar-refractivity contribution in [3.63, 3.8) is 0 Å². The summed E-state index contributed by atoms with van der Waals surface area (Å²) in [6.07, 6.45) is 1.52. The molecule has 0 unspecified atom stereocenters. The van der Waals surface area contributed by atoms with Gasteiger partial charge in [0.05, 0.1) is 23.1 Å². The Labute approximate surface area is 119 Å². The van der Waals surface area contributed by atoms with Crippen LogP contribution in [0.25, 0.3) is 10.9 Å². The number of aromatic amines is 1. The SMILES string of the molecule is Nc1cc(F)ccc1S(=O)(=O)Nc1cccc2[nH]ncc12. The lowest BCUT2D eigenvalue weighted by Crippen LogP contribution is -2.15. The van der Waals surface area contributed by atoms with Gasteiger partial charge in [-0.05, 0) is 30.3 Å². The summed E-state index contributed by atoms with van der Waals surface area (Å²) in [5.74, 6) is -0.594. The third kappa shape index (κ3) is 2.40. The van der Waals surface area contributed by atoms with E-state index in [0.717, 1.165) is 18.2 Å². The number of halogens is 1. The van der Waals surface area contributed by atoms with Crippen LogP contribution in [0.4, 0.5) is 15.8 Å². The normalized spacial score (nSPS) is 11.7. The van der Waals surface area contributed by atoms with Crippen LogP contribution in [0.2, 0.25) is 0 Å². The zero-order valence-electron chi connectivity index (χ0n) is 10.7. The van der Waals surface area contributed by atoms with Gasteiger partial charge in [-0.25, -0.2) is 12.8 Å². The molecule has 0 bridgehead atoms. The number of nitrogens with two attached hydrogens (primary N) is 1. The van der Waals surface area contributed by atoms with Crippen molar-refractivity contribution in [3.05, 3.63) is 48.4 Å². The molecule has 2 aromatic carbocycles. The van der Waals surface area contributed by atoms with Crippen molar-refractivity contribution in [2.24, 2.45) is 0 Å². The molecule has 6 nitrogen and oxygen atoms in total. The largest absolute Gasteiger partial charge is 0.398 e. The Morgan fingerprint density at radius 3 is 2.81 bits per heavy atom. The van der Waals surface area contributed by atoms with E-state index in [4.69, 9.17) is 5.73 Å². The lowest BCUT2D eigenvalue weighted by molar-refractivity contribution is 0.600. The maximum Gasteiger partial charge on any atom is 0.263 e. The van der Waals surface area contributed by atoms with Crippen molar-refractivity contribution in [1.82, 2.24) is 10.2 Å². The first-order chi connectivity index (χ1) is 9.97. The Kier molecular flexibility index (Phi) is 3.02. The first-order valence-electron chi connectivity index (χ1n) is 5.97. The average Bonchev–Trinajstić information content (AvgIpc) is 2.87. The van der Waals surface area contributed by atoms with E-state index >= 15 is 0 Å². The highest BCUT2D eigenvalue weighted by molar-refractivity contribution is 7.93. The fourth-order valence-electron chi connectivity index (χ4n) is 2.02. The molecule has 0 aliphatic carbocycles. The molecule has 0 aliphatic rings. The van der Waals surface area contributed by atoms with Gasteiger partial charge >= 0.3 is 0 Å². The number of aromatic nitrogens is 2. The zero-order valence-corrected chi connectivity index (χ0v) is 11.5. The van der Waals surface area contributed by atoms with Crippen LogP contribution in [-0.4, -0.2) is 18.6 Å². The van der Waals surface area contributed by atoms with Crippen LogP contribution in [0, 0.1) is 5.82 Å². The predicted molar refractivity (Wildman–Crippen MR) is 77.7 cm³/mol. The maximum absolute atomic E-state index is 13.0. The minimum Gasteiger partial charge on any atom is -0.398 e. The molecule has 1 heterocycles. The Balaban J connectivity index is 2.05. The molecule has 21 heavy (non-hydrogen) atoms. The van der Waals surface area contributed by atoms with E-state index in [1.54, 1.807) is 18.2 Å². The van der Waals surface area contributed by atoms with Gasteiger partial charge in [-0.2, -0.15) is 5.10 Å². The third-order valence-electron chi connectivity index (χ3n) is 2.99. The van der Waals surface area contributed by atoms with E-state index in [-0.39, 0.29) is 10.6 Å². The molecule has 108 valence electrons. The summed E-state index contributed by atoms with van der Waals surface area (Å²) in [7, 11) is -3.91. The number of nitrogen functional groups attached to an aromatic ring is 1. The number of H-pyrrole nitrogens is 1. The standard InChI is InChI=1S/C13H11FN4O2S/c14-8-4-5-13(10(15)6-8)21(19,20)18-12-3-1-2-11-9(12)7-16-17-11/h1-7,18H,15H2,(H,16,17). The van der Waals surface area contributed by atoms with Crippen LogP contribution in [0.15, 0.2) is 47.5 Å². The zero-order chi connectivity index (χ0) is 15.0. The third-order valence-corrected chi connectivity index (χ3v) is 4.43. The number of rotatable bonds is 3. The van der Waals surface area contributed by atoms with Gasteiger partial charge in [0.25, 0.3) is 10.0 Å². The second-order valence-electron chi connectivity index (χ2n) is 4.42. The molecule has 0 fully saturated rings. The van der Waals surface area contributed by atoms with Gasteiger partial charge in [-0.15, -0.1) is 0 Å². The molecule has 0 amide bonds. The Morgan fingerprint density at radius 1 is 1.24 bits per heavy atom. The van der Waals surface area contributed by atoms with E-state index < -0.39 is 15.8 Å². The van der Waals surface area contributed by atoms with E-state index in [1.807, 2.05) is 0 Å². The van der Waals surface area contributed by atoms with Crippen LogP contribution in [-0.2, 0) is 10.0 Å². The topological polar surface area (TPSA) is 101 Å². The molecule has 3 rings (SSSR count). The molecular formula is C13H11FN4O2S. The first kappa shape index (κ1) is 13.4. The molecule has 1 aromatic heterocycles. The lowest BCUT2D eigenvalue weighted by Gasteiger charge is -2.10. The maximum atomic E-state index is 13.0. The quantitative estimate of drug-likeness (QED) is 0.645. The summed E-state index contributed by atoms with van der Waals surface area (Å²) in [5, 5.41) is 7.23. The van der Waals surface area contributed by atoms with Crippen molar-refractivity contribution in [3.8, 4) is 0 Å². The number of sulfonamides is 1. The van der Waals surface area contributed by atoms with Crippen LogP contribution in [0.3, 0.4) is 0 Å². The molecular weight excluding hydrogens is 295 g/mol. The molecule has 0 saturated carbocycles. The van der Waals surface area contributed by atoms with Gasteiger partial charge < -0.3 is 5.73 Å². The number of nitrogens with zero attached hydrogens (tertiary/aromatic N) is 1. The Morgan fingerprint density at radius 2 is 2.05 bits per heavy atom. The summed E-state index contributed by atoms with van der Waals surface area (Å²) in [5.41, 5.74) is 6.49. The van der Waals surface area contributed by atoms with Crippen molar-refractivity contribution in [2.75, 3.05) is 10.5 Å². The molecule has 3 aromatic rings. The second kappa shape index (κ2) is 4.74. The van der Waals surface area contributed by atoms with Crippen molar-refractivity contribution in [1.29, 1.82) is 0 Å². The number of benzene rings is 2. The number of fused-ring (bicyclic) bond motifs is 1. The summed E-state index contributed by atoms with van der Waals surface area (Å²) in [6.45, 7) is 0. The molecule has 0 aliphatic heterocycles. The summed E-state index contributed by atoms with van der Waals surface area (Å²) < 4.78 is 40.2. The monoisotopic (exact) mass is 306 g/mol. The second-order valence-corrected chi connectivity index (χ2v) is 6.08. The number of hydrogen-bond donors (Lipinski definition) is 3. The molecule has 0 spiro atoms. The molecule has 0 atom stereocenters. The minimum absolute atomic E-state index is 0.151. The van der Waals surface area contributed by atoms with Crippen LogP contribution in [0.5, 0.6) is 0 Å². The van der Waals surface area contributed by atoms with Gasteiger partial charge in [0, 0.05) is 5.39 Å².